The van der Waals surface area contributed by atoms with Crippen LogP contribution < -0.4 is 4.80 Å². The molecule has 0 radical (unpaired) electrons. The van der Waals surface area contributed by atoms with E-state index in [0.717, 1.165) is 21.7 Å². The van der Waals surface area contributed by atoms with Gasteiger partial charge in [0.15, 0.2) is 4.80 Å². The summed E-state index contributed by atoms with van der Waals surface area (Å²) in [7, 11) is 0. The van der Waals surface area contributed by atoms with Gasteiger partial charge in [0, 0.05) is 11.4 Å². The molecule has 0 unspecified atom stereocenters. The van der Waals surface area contributed by atoms with Crippen LogP contribution in [0.25, 0.3) is 11.3 Å². The summed E-state index contributed by atoms with van der Waals surface area (Å²) in [6.07, 6.45) is 0. The maximum atomic E-state index is 10.9. The van der Waals surface area contributed by atoms with Crippen molar-refractivity contribution in [3.05, 3.63) is 70.3 Å². The summed E-state index contributed by atoms with van der Waals surface area (Å²) in [4.78, 5) is 16.5. The maximum absolute atomic E-state index is 10.9. The Morgan fingerprint density at radius 2 is 1.75 bits per heavy atom. The highest BCUT2D eigenvalue weighted by Crippen LogP contribution is 2.23. The third kappa shape index (κ3) is 3.31. The Kier molecular flexibility index (Phi) is 4.62. The van der Waals surface area contributed by atoms with Gasteiger partial charge >= 0.3 is 5.97 Å². The van der Waals surface area contributed by atoms with Crippen LogP contribution >= 0.6 is 11.3 Å². The molecule has 24 heavy (non-hydrogen) atoms. The van der Waals surface area contributed by atoms with Crippen LogP contribution in [0.4, 0.5) is 5.69 Å². The van der Waals surface area contributed by atoms with E-state index in [0.29, 0.717) is 0 Å². The summed E-state index contributed by atoms with van der Waals surface area (Å²) in [5, 5.41) is 11.1. The lowest BCUT2D eigenvalue weighted by molar-refractivity contribution is 0.0697. The van der Waals surface area contributed by atoms with Crippen molar-refractivity contribution in [1.82, 2.24) is 4.57 Å². The van der Waals surface area contributed by atoms with Gasteiger partial charge in [-0.25, -0.2) is 9.79 Å². The Labute approximate surface area is 144 Å². The minimum absolute atomic E-state index is 0.266. The van der Waals surface area contributed by atoms with Gasteiger partial charge in [-0.05, 0) is 43.7 Å². The molecule has 1 heterocycles. The molecule has 1 aromatic heterocycles. The van der Waals surface area contributed by atoms with Gasteiger partial charge in [0.1, 0.15) is 0 Å². The zero-order valence-electron chi connectivity index (χ0n) is 13.5. The van der Waals surface area contributed by atoms with Gasteiger partial charge in [0.05, 0.1) is 16.9 Å². The normalized spacial score (nSPS) is 11.9. The summed E-state index contributed by atoms with van der Waals surface area (Å²) in [6, 6.07) is 17.1. The van der Waals surface area contributed by atoms with Crippen LogP contribution in [0.5, 0.6) is 0 Å². The first-order chi connectivity index (χ1) is 11.6. The highest BCUT2D eigenvalue weighted by Gasteiger charge is 2.10. The first kappa shape index (κ1) is 16.2. The third-order valence-electron chi connectivity index (χ3n) is 3.67. The van der Waals surface area contributed by atoms with Gasteiger partial charge in [-0.2, -0.15) is 0 Å². The topological polar surface area (TPSA) is 54.6 Å². The molecule has 1 N–H and O–H groups in total. The average molecular weight is 338 g/mol. The van der Waals surface area contributed by atoms with Gasteiger partial charge in [0.25, 0.3) is 0 Å². The quantitative estimate of drug-likeness (QED) is 0.748. The Balaban J connectivity index is 2.08. The Bertz CT molecular complexity index is 907. The number of carboxylic acids is 1. The highest BCUT2D eigenvalue weighted by molar-refractivity contribution is 7.07. The second kappa shape index (κ2) is 6.84. The van der Waals surface area contributed by atoms with Crippen LogP contribution in [0.1, 0.15) is 30.2 Å². The van der Waals surface area contributed by atoms with Crippen LogP contribution in [0.15, 0.2) is 65.0 Å². The number of benzene rings is 2. The largest absolute Gasteiger partial charge is 0.478 e. The van der Waals surface area contributed by atoms with Crippen molar-refractivity contribution in [2.45, 2.75) is 19.9 Å². The van der Waals surface area contributed by atoms with Crippen molar-refractivity contribution in [1.29, 1.82) is 0 Å². The smallest absolute Gasteiger partial charge is 0.335 e. The highest BCUT2D eigenvalue weighted by atomic mass is 32.1. The minimum Gasteiger partial charge on any atom is -0.478 e. The number of thiazole rings is 1. The second-order valence-electron chi connectivity index (χ2n) is 5.70. The molecule has 0 bridgehead atoms. The van der Waals surface area contributed by atoms with Crippen molar-refractivity contribution >= 4 is 23.0 Å². The summed E-state index contributed by atoms with van der Waals surface area (Å²) < 4.78 is 2.20. The lowest BCUT2D eigenvalue weighted by Crippen LogP contribution is -2.17. The number of carbonyl (C=O) groups is 1. The van der Waals surface area contributed by atoms with E-state index in [4.69, 9.17) is 10.1 Å². The number of rotatable bonds is 4. The van der Waals surface area contributed by atoms with Gasteiger partial charge in [0.2, 0.25) is 0 Å². The number of aromatic carboxylic acids is 1. The van der Waals surface area contributed by atoms with E-state index in [1.807, 2.05) is 18.2 Å². The molecule has 0 fully saturated rings. The Morgan fingerprint density at radius 1 is 1.08 bits per heavy atom. The van der Waals surface area contributed by atoms with E-state index in [9.17, 15) is 4.79 Å². The molecule has 3 aromatic rings. The molecule has 0 spiro atoms. The van der Waals surface area contributed by atoms with E-state index in [1.165, 1.54) is 0 Å². The van der Waals surface area contributed by atoms with Crippen molar-refractivity contribution in [3.8, 4) is 11.3 Å². The molecule has 0 atom stereocenters. The number of hydrogen-bond acceptors (Lipinski definition) is 3. The Morgan fingerprint density at radius 3 is 2.33 bits per heavy atom. The summed E-state index contributed by atoms with van der Waals surface area (Å²) in [5.41, 5.74) is 3.30. The van der Waals surface area contributed by atoms with Crippen molar-refractivity contribution in [2.75, 3.05) is 0 Å². The van der Waals surface area contributed by atoms with E-state index in [-0.39, 0.29) is 11.6 Å². The van der Waals surface area contributed by atoms with Gasteiger partial charge < -0.3 is 9.67 Å². The van der Waals surface area contributed by atoms with Gasteiger partial charge in [-0.15, -0.1) is 11.3 Å². The number of nitrogens with zero attached hydrogens (tertiary/aromatic N) is 2. The zero-order valence-corrected chi connectivity index (χ0v) is 14.3. The van der Waals surface area contributed by atoms with Crippen LogP contribution in [-0.4, -0.2) is 15.6 Å². The first-order valence-corrected chi connectivity index (χ1v) is 8.58. The molecular weight excluding hydrogens is 320 g/mol. The van der Waals surface area contributed by atoms with Gasteiger partial charge in [-0.1, -0.05) is 30.3 Å². The SMILES string of the molecule is CC(C)n1c(-c2ccccc2)csc1=Nc1ccc(C(=O)O)cc1. The molecule has 0 saturated heterocycles. The minimum atomic E-state index is -0.929. The molecule has 5 heteroatoms. The standard InChI is InChI=1S/C19H18N2O2S/c1-13(2)21-17(14-6-4-3-5-7-14)12-24-19(21)20-16-10-8-15(9-11-16)18(22)23/h3-13H,1-2H3,(H,22,23). The summed E-state index contributed by atoms with van der Waals surface area (Å²) >= 11 is 1.58. The lowest BCUT2D eigenvalue weighted by atomic mass is 10.1. The van der Waals surface area contributed by atoms with Gasteiger partial charge in [-0.3, -0.25) is 0 Å². The number of hydrogen-bond donors (Lipinski definition) is 1. The molecule has 0 aliphatic rings. The predicted molar refractivity (Wildman–Crippen MR) is 96.8 cm³/mol. The molecular formula is C19H18N2O2S. The summed E-state index contributed by atoms with van der Waals surface area (Å²) in [5.74, 6) is -0.929. The summed E-state index contributed by atoms with van der Waals surface area (Å²) in [6.45, 7) is 4.26. The molecule has 3 rings (SSSR count). The van der Waals surface area contributed by atoms with E-state index >= 15 is 0 Å². The van der Waals surface area contributed by atoms with Crippen LogP contribution in [0.3, 0.4) is 0 Å². The van der Waals surface area contributed by atoms with Crippen molar-refractivity contribution in [3.63, 3.8) is 0 Å². The molecule has 0 amide bonds. The fourth-order valence-electron chi connectivity index (χ4n) is 2.51. The van der Waals surface area contributed by atoms with Crippen molar-refractivity contribution in [2.24, 2.45) is 4.99 Å². The fraction of sp³-hybridized carbons (Fsp3) is 0.158. The van der Waals surface area contributed by atoms with Crippen LogP contribution in [0, 0.1) is 0 Å². The second-order valence-corrected chi connectivity index (χ2v) is 6.53. The Hall–Kier alpha value is -2.66. The lowest BCUT2D eigenvalue weighted by Gasteiger charge is -2.12. The van der Waals surface area contributed by atoms with E-state index in [2.05, 4.69) is 35.9 Å². The number of carboxylic acid groups (broad SMARTS) is 1. The third-order valence-corrected chi connectivity index (χ3v) is 4.51. The van der Waals surface area contributed by atoms with E-state index in [1.54, 1.807) is 35.6 Å². The monoisotopic (exact) mass is 338 g/mol. The first-order valence-electron chi connectivity index (χ1n) is 7.70. The van der Waals surface area contributed by atoms with Crippen molar-refractivity contribution < 1.29 is 9.90 Å². The molecule has 4 nitrogen and oxygen atoms in total. The molecule has 0 aliphatic carbocycles. The molecule has 0 aliphatic heterocycles. The number of aromatic nitrogens is 1. The maximum Gasteiger partial charge on any atom is 0.335 e. The van der Waals surface area contributed by atoms with E-state index < -0.39 is 5.97 Å². The molecule has 0 saturated carbocycles. The predicted octanol–water partition coefficient (Wildman–Crippen LogP) is 4.73. The molecule has 122 valence electrons. The molecule has 2 aromatic carbocycles. The van der Waals surface area contributed by atoms with Crippen LogP contribution in [-0.2, 0) is 0 Å². The zero-order chi connectivity index (χ0) is 17.1. The fourth-order valence-corrected chi connectivity index (χ4v) is 3.56. The van der Waals surface area contributed by atoms with Crippen LogP contribution in [0.2, 0.25) is 0 Å². The average Bonchev–Trinajstić information content (AvgIpc) is 3.00.